The molecule has 1 aliphatic heterocycles. The third kappa shape index (κ3) is 6.64. The first-order valence-electron chi connectivity index (χ1n) is 10.2. The number of hydrogen-bond acceptors (Lipinski definition) is 8. The van der Waals surface area contributed by atoms with Crippen molar-refractivity contribution in [2.45, 2.75) is 13.0 Å². The summed E-state index contributed by atoms with van der Waals surface area (Å²) in [6.07, 6.45) is 2.73. The molecule has 2 aromatic carbocycles. The largest absolute Gasteiger partial charge is 0.493 e. The molecule has 0 radical (unpaired) electrons. The normalized spacial score (nSPS) is 13.0. The number of methoxy groups -OCH3 is 1. The topological polar surface area (TPSA) is 116 Å². The van der Waals surface area contributed by atoms with Crippen LogP contribution in [0.15, 0.2) is 42.5 Å². The Morgan fingerprint density at radius 1 is 1.15 bits per heavy atom. The highest BCUT2D eigenvalue weighted by molar-refractivity contribution is 5.89. The number of carbonyl (C=O) groups is 2. The van der Waals surface area contributed by atoms with Crippen LogP contribution in [-0.4, -0.2) is 45.4 Å². The average molecular weight is 452 g/mol. The van der Waals surface area contributed by atoms with Crippen LogP contribution in [-0.2, 0) is 14.3 Å². The summed E-state index contributed by atoms with van der Waals surface area (Å²) in [5, 5.41) is 11.4. The van der Waals surface area contributed by atoms with E-state index in [-0.39, 0.29) is 12.6 Å². The zero-order valence-electron chi connectivity index (χ0n) is 18.3. The third-order valence-corrected chi connectivity index (χ3v) is 4.68. The van der Waals surface area contributed by atoms with Crippen LogP contribution in [0.3, 0.4) is 0 Å². The van der Waals surface area contributed by atoms with Gasteiger partial charge in [0, 0.05) is 6.08 Å². The summed E-state index contributed by atoms with van der Waals surface area (Å²) in [6, 6.07) is 12.0. The van der Waals surface area contributed by atoms with E-state index in [1.165, 1.54) is 19.3 Å². The van der Waals surface area contributed by atoms with Crippen LogP contribution in [0.1, 0.15) is 24.1 Å². The van der Waals surface area contributed by atoms with Crippen molar-refractivity contribution in [1.29, 1.82) is 5.26 Å². The second-order valence-electron chi connectivity index (χ2n) is 6.99. The molecule has 1 amide bonds. The number of benzene rings is 2. The molecule has 9 nitrogen and oxygen atoms in total. The number of rotatable bonds is 9. The molecule has 0 fully saturated rings. The van der Waals surface area contributed by atoms with Crippen LogP contribution in [0.25, 0.3) is 6.08 Å². The van der Waals surface area contributed by atoms with Gasteiger partial charge in [0.2, 0.25) is 0 Å². The van der Waals surface area contributed by atoms with Gasteiger partial charge in [-0.2, -0.15) is 5.26 Å². The minimum atomic E-state index is -0.666. The summed E-state index contributed by atoms with van der Waals surface area (Å²) in [7, 11) is 1.47. The lowest BCUT2D eigenvalue weighted by Gasteiger charge is -2.21. The van der Waals surface area contributed by atoms with E-state index in [0.29, 0.717) is 41.8 Å². The number of fused-ring (bicyclic) bond motifs is 1. The lowest BCUT2D eigenvalue weighted by atomic mass is 10.1. The number of nitriles is 1. The van der Waals surface area contributed by atoms with Crippen LogP contribution in [0.4, 0.5) is 0 Å². The molecule has 1 unspecified atom stereocenters. The number of esters is 1. The second kappa shape index (κ2) is 11.4. The number of nitrogens with zero attached hydrogens (tertiary/aromatic N) is 1. The number of amides is 1. The van der Waals surface area contributed by atoms with Gasteiger partial charge in [0.15, 0.2) is 36.2 Å². The SMILES string of the molecule is COc1cc(/C=C/C(=O)OCC(=O)NC(C)c2ccc3c(c2)OCCO3)ccc1OCC#N. The number of ether oxygens (including phenoxy) is 5. The molecule has 1 heterocycles. The Balaban J connectivity index is 1.48. The summed E-state index contributed by atoms with van der Waals surface area (Å²) in [4.78, 5) is 24.2. The maximum atomic E-state index is 12.2. The highest BCUT2D eigenvalue weighted by Gasteiger charge is 2.16. The summed E-state index contributed by atoms with van der Waals surface area (Å²) < 4.78 is 26.5. The molecule has 1 aliphatic rings. The monoisotopic (exact) mass is 452 g/mol. The van der Waals surface area contributed by atoms with Crippen molar-refractivity contribution in [3.05, 3.63) is 53.6 Å². The van der Waals surface area contributed by atoms with Crippen LogP contribution in [0.2, 0.25) is 0 Å². The molecule has 3 rings (SSSR count). The Labute approximate surface area is 191 Å². The predicted molar refractivity (Wildman–Crippen MR) is 118 cm³/mol. The smallest absolute Gasteiger partial charge is 0.331 e. The number of nitrogens with one attached hydrogen (secondary N) is 1. The minimum absolute atomic E-state index is 0.104. The fourth-order valence-electron chi connectivity index (χ4n) is 3.06. The quantitative estimate of drug-likeness (QED) is 0.456. The fraction of sp³-hybridized carbons (Fsp3) is 0.292. The van der Waals surface area contributed by atoms with Gasteiger partial charge in [0.05, 0.1) is 13.2 Å². The van der Waals surface area contributed by atoms with Crippen LogP contribution in [0.5, 0.6) is 23.0 Å². The first kappa shape index (κ1) is 23.5. The molecule has 0 bridgehead atoms. The molecule has 0 saturated heterocycles. The maximum Gasteiger partial charge on any atom is 0.331 e. The Kier molecular flexibility index (Phi) is 8.13. The third-order valence-electron chi connectivity index (χ3n) is 4.68. The van der Waals surface area contributed by atoms with Gasteiger partial charge in [-0.05, 0) is 48.4 Å². The molecule has 172 valence electrons. The van der Waals surface area contributed by atoms with E-state index in [2.05, 4.69) is 5.32 Å². The molecule has 2 aromatic rings. The molecule has 0 aromatic heterocycles. The Bertz CT molecular complexity index is 1070. The Morgan fingerprint density at radius 2 is 1.94 bits per heavy atom. The first-order chi connectivity index (χ1) is 16.0. The summed E-state index contributed by atoms with van der Waals surface area (Å²) in [6.45, 7) is 2.29. The van der Waals surface area contributed by atoms with Crippen molar-refractivity contribution in [3.63, 3.8) is 0 Å². The molecular formula is C24H24N2O7. The number of carbonyl (C=O) groups excluding carboxylic acids is 2. The van der Waals surface area contributed by atoms with Gasteiger partial charge >= 0.3 is 5.97 Å². The summed E-state index contributed by atoms with van der Waals surface area (Å²) in [5.41, 5.74) is 1.50. The second-order valence-corrected chi connectivity index (χ2v) is 6.99. The summed E-state index contributed by atoms with van der Waals surface area (Å²) >= 11 is 0. The van der Waals surface area contributed by atoms with Crippen molar-refractivity contribution < 1.29 is 33.3 Å². The lowest BCUT2D eigenvalue weighted by molar-refractivity contribution is -0.144. The molecule has 0 spiro atoms. The molecule has 9 heteroatoms. The molecule has 1 N–H and O–H groups in total. The molecule has 33 heavy (non-hydrogen) atoms. The van der Waals surface area contributed by atoms with Gasteiger partial charge in [-0.3, -0.25) is 4.79 Å². The van der Waals surface area contributed by atoms with E-state index in [9.17, 15) is 9.59 Å². The number of hydrogen-bond donors (Lipinski definition) is 1. The standard InChI is InChI=1S/C24H24N2O7/c1-16(18-5-7-20-22(14-18)32-12-11-31-20)26-23(27)15-33-24(28)8-4-17-3-6-19(30-10-9-25)21(13-17)29-2/h3-8,13-14,16H,10-12,15H2,1-2H3,(H,26,27)/b8-4+. The van der Waals surface area contributed by atoms with E-state index in [0.717, 1.165) is 5.56 Å². The van der Waals surface area contributed by atoms with E-state index in [1.54, 1.807) is 24.3 Å². The van der Waals surface area contributed by atoms with Crippen LogP contribution >= 0.6 is 0 Å². The van der Waals surface area contributed by atoms with Gasteiger partial charge in [-0.15, -0.1) is 0 Å². The van der Waals surface area contributed by atoms with Crippen molar-refractivity contribution >= 4 is 18.0 Å². The average Bonchev–Trinajstić information content (AvgIpc) is 2.84. The highest BCUT2D eigenvalue weighted by Crippen LogP contribution is 2.32. The van der Waals surface area contributed by atoms with Crippen molar-refractivity contribution in [2.75, 3.05) is 33.5 Å². The fourth-order valence-corrected chi connectivity index (χ4v) is 3.06. The Morgan fingerprint density at radius 3 is 2.70 bits per heavy atom. The van der Waals surface area contributed by atoms with Crippen molar-refractivity contribution in [3.8, 4) is 29.1 Å². The van der Waals surface area contributed by atoms with Gasteiger partial charge in [-0.1, -0.05) is 12.1 Å². The van der Waals surface area contributed by atoms with E-state index >= 15 is 0 Å². The lowest BCUT2D eigenvalue weighted by Crippen LogP contribution is -2.31. The Hall–Kier alpha value is -4.19. The van der Waals surface area contributed by atoms with E-state index in [1.807, 2.05) is 25.1 Å². The summed E-state index contributed by atoms with van der Waals surface area (Å²) in [5.74, 6) is 1.06. The van der Waals surface area contributed by atoms with Crippen molar-refractivity contribution in [2.24, 2.45) is 0 Å². The van der Waals surface area contributed by atoms with Crippen LogP contribution in [0, 0.1) is 11.3 Å². The zero-order chi connectivity index (χ0) is 23.6. The van der Waals surface area contributed by atoms with E-state index in [4.69, 9.17) is 28.9 Å². The van der Waals surface area contributed by atoms with Crippen LogP contribution < -0.4 is 24.3 Å². The molecule has 0 aliphatic carbocycles. The van der Waals surface area contributed by atoms with Gasteiger partial charge in [0.25, 0.3) is 5.91 Å². The van der Waals surface area contributed by atoms with Gasteiger partial charge in [-0.25, -0.2) is 4.79 Å². The predicted octanol–water partition coefficient (Wildman–Crippen LogP) is 2.80. The first-order valence-corrected chi connectivity index (χ1v) is 10.2. The maximum absolute atomic E-state index is 12.2. The molecule has 1 atom stereocenters. The van der Waals surface area contributed by atoms with Gasteiger partial charge < -0.3 is 29.0 Å². The van der Waals surface area contributed by atoms with Crippen molar-refractivity contribution in [1.82, 2.24) is 5.32 Å². The molecule has 0 saturated carbocycles. The minimum Gasteiger partial charge on any atom is -0.493 e. The highest BCUT2D eigenvalue weighted by atomic mass is 16.6. The molecular weight excluding hydrogens is 428 g/mol. The zero-order valence-corrected chi connectivity index (χ0v) is 18.3. The van der Waals surface area contributed by atoms with Gasteiger partial charge in [0.1, 0.15) is 19.3 Å². The van der Waals surface area contributed by atoms with E-state index < -0.39 is 18.5 Å².